The van der Waals surface area contributed by atoms with Crippen LogP contribution in [0.25, 0.3) is 0 Å². The summed E-state index contributed by atoms with van der Waals surface area (Å²) in [7, 11) is 0. The molecular weight excluding hydrogens is 239 g/mol. The van der Waals surface area contributed by atoms with Crippen molar-refractivity contribution in [2.45, 2.75) is 39.2 Å². The summed E-state index contributed by atoms with van der Waals surface area (Å²) >= 11 is 0. The SMILES string of the molecule is CC(C)CCc1cc(F)cc2c1CC1CNCCN21. The highest BCUT2D eigenvalue weighted by Crippen LogP contribution is 2.36. The third-order valence-electron chi connectivity index (χ3n) is 4.37. The lowest BCUT2D eigenvalue weighted by Crippen LogP contribution is -2.49. The molecular formula is C16H23FN2. The van der Waals surface area contributed by atoms with Crippen molar-refractivity contribution in [1.82, 2.24) is 5.32 Å². The van der Waals surface area contributed by atoms with Crippen molar-refractivity contribution in [3.8, 4) is 0 Å². The minimum atomic E-state index is -0.0725. The van der Waals surface area contributed by atoms with Gasteiger partial charge in [-0.1, -0.05) is 13.8 Å². The quantitative estimate of drug-likeness (QED) is 0.901. The van der Waals surface area contributed by atoms with Crippen molar-refractivity contribution >= 4 is 5.69 Å². The maximum Gasteiger partial charge on any atom is 0.125 e. The van der Waals surface area contributed by atoms with Crippen LogP contribution in [0.2, 0.25) is 0 Å². The van der Waals surface area contributed by atoms with Gasteiger partial charge >= 0.3 is 0 Å². The summed E-state index contributed by atoms with van der Waals surface area (Å²) in [5.74, 6) is 0.598. The molecule has 0 spiro atoms. The summed E-state index contributed by atoms with van der Waals surface area (Å²) < 4.78 is 13.9. The lowest BCUT2D eigenvalue weighted by atomic mass is 9.96. The largest absolute Gasteiger partial charge is 0.365 e. The van der Waals surface area contributed by atoms with Crippen LogP contribution in [0, 0.1) is 11.7 Å². The number of halogens is 1. The van der Waals surface area contributed by atoms with Gasteiger partial charge in [-0.05, 0) is 48.4 Å². The fraction of sp³-hybridized carbons (Fsp3) is 0.625. The number of hydrogen-bond acceptors (Lipinski definition) is 2. The van der Waals surface area contributed by atoms with Crippen LogP contribution in [-0.4, -0.2) is 25.7 Å². The van der Waals surface area contributed by atoms with Gasteiger partial charge in [0.1, 0.15) is 5.82 Å². The standard InChI is InChI=1S/C16H23FN2/c1-11(2)3-4-12-7-13(17)8-16-15(12)9-14-10-18-5-6-19(14)16/h7-8,11,14,18H,3-6,9-10H2,1-2H3. The Morgan fingerprint density at radius 3 is 3.05 bits per heavy atom. The molecule has 1 fully saturated rings. The Kier molecular flexibility index (Phi) is 3.48. The van der Waals surface area contributed by atoms with Gasteiger partial charge in [0.2, 0.25) is 0 Å². The zero-order chi connectivity index (χ0) is 13.4. The van der Waals surface area contributed by atoms with Crippen molar-refractivity contribution in [2.24, 2.45) is 5.92 Å². The summed E-state index contributed by atoms with van der Waals surface area (Å²) in [6.07, 6.45) is 3.22. The predicted molar refractivity (Wildman–Crippen MR) is 77.3 cm³/mol. The number of nitrogens with zero attached hydrogens (tertiary/aromatic N) is 1. The summed E-state index contributed by atoms with van der Waals surface area (Å²) in [5.41, 5.74) is 3.79. The Labute approximate surface area is 115 Å². The maximum absolute atomic E-state index is 13.9. The van der Waals surface area contributed by atoms with Gasteiger partial charge in [-0.25, -0.2) is 4.39 Å². The van der Waals surface area contributed by atoms with Crippen LogP contribution >= 0.6 is 0 Å². The second kappa shape index (κ2) is 5.12. The van der Waals surface area contributed by atoms with Gasteiger partial charge in [-0.2, -0.15) is 0 Å². The number of anilines is 1. The Morgan fingerprint density at radius 1 is 1.42 bits per heavy atom. The lowest BCUT2D eigenvalue weighted by molar-refractivity contribution is 0.494. The number of benzene rings is 1. The van der Waals surface area contributed by atoms with Crippen molar-refractivity contribution in [2.75, 3.05) is 24.5 Å². The molecule has 19 heavy (non-hydrogen) atoms. The maximum atomic E-state index is 13.9. The van der Waals surface area contributed by atoms with Crippen LogP contribution < -0.4 is 10.2 Å². The molecule has 0 aliphatic carbocycles. The van der Waals surface area contributed by atoms with Crippen molar-refractivity contribution in [3.05, 3.63) is 29.1 Å². The van der Waals surface area contributed by atoms with Gasteiger partial charge in [0, 0.05) is 31.4 Å². The Morgan fingerprint density at radius 2 is 2.26 bits per heavy atom. The first-order valence-corrected chi connectivity index (χ1v) is 7.44. The van der Waals surface area contributed by atoms with Gasteiger partial charge in [0.25, 0.3) is 0 Å². The second-order valence-electron chi connectivity index (χ2n) is 6.25. The molecule has 0 aromatic heterocycles. The smallest absolute Gasteiger partial charge is 0.125 e. The van der Waals surface area contributed by atoms with Crippen LogP contribution in [0.15, 0.2) is 12.1 Å². The molecule has 104 valence electrons. The Bertz CT molecular complexity index is 470. The summed E-state index contributed by atoms with van der Waals surface area (Å²) in [5, 5.41) is 3.44. The molecule has 1 atom stereocenters. The number of rotatable bonds is 3. The molecule has 2 aliphatic rings. The lowest BCUT2D eigenvalue weighted by Gasteiger charge is -2.32. The molecule has 2 nitrogen and oxygen atoms in total. The first kappa shape index (κ1) is 12.9. The molecule has 1 saturated heterocycles. The number of fused-ring (bicyclic) bond motifs is 3. The number of nitrogens with one attached hydrogen (secondary N) is 1. The van der Waals surface area contributed by atoms with E-state index in [0.29, 0.717) is 12.0 Å². The fourth-order valence-corrected chi connectivity index (χ4v) is 3.33. The second-order valence-corrected chi connectivity index (χ2v) is 6.25. The first-order chi connectivity index (χ1) is 9.15. The minimum Gasteiger partial charge on any atom is -0.365 e. The van der Waals surface area contributed by atoms with E-state index >= 15 is 0 Å². The van der Waals surface area contributed by atoms with E-state index in [9.17, 15) is 4.39 Å². The summed E-state index contributed by atoms with van der Waals surface area (Å²) in [6, 6.07) is 4.02. The Balaban J connectivity index is 1.91. The van der Waals surface area contributed by atoms with Crippen molar-refractivity contribution < 1.29 is 4.39 Å². The van der Waals surface area contributed by atoms with Gasteiger partial charge in [0.15, 0.2) is 0 Å². The van der Waals surface area contributed by atoms with E-state index in [1.54, 1.807) is 12.1 Å². The van der Waals surface area contributed by atoms with Gasteiger partial charge in [-0.3, -0.25) is 0 Å². The molecule has 1 N–H and O–H groups in total. The molecule has 1 aromatic carbocycles. The van der Waals surface area contributed by atoms with E-state index in [4.69, 9.17) is 0 Å². The van der Waals surface area contributed by atoms with E-state index in [1.807, 2.05) is 0 Å². The van der Waals surface area contributed by atoms with E-state index in [2.05, 4.69) is 24.1 Å². The predicted octanol–water partition coefficient (Wildman–Crippen LogP) is 2.75. The van der Waals surface area contributed by atoms with Crippen LogP contribution in [-0.2, 0) is 12.8 Å². The summed E-state index contributed by atoms with van der Waals surface area (Å²) in [6.45, 7) is 7.50. The van der Waals surface area contributed by atoms with E-state index < -0.39 is 0 Å². The molecule has 1 unspecified atom stereocenters. The zero-order valence-electron chi connectivity index (χ0n) is 11.9. The third kappa shape index (κ3) is 2.48. The molecule has 3 heteroatoms. The van der Waals surface area contributed by atoms with Crippen molar-refractivity contribution in [1.29, 1.82) is 0 Å². The van der Waals surface area contributed by atoms with Gasteiger partial charge in [-0.15, -0.1) is 0 Å². The zero-order valence-corrected chi connectivity index (χ0v) is 11.9. The van der Waals surface area contributed by atoms with Crippen molar-refractivity contribution in [3.63, 3.8) is 0 Å². The van der Waals surface area contributed by atoms with Crippen LogP contribution in [0.1, 0.15) is 31.4 Å². The number of piperazine rings is 1. The molecule has 1 aromatic rings. The van der Waals surface area contributed by atoms with E-state index in [-0.39, 0.29) is 5.82 Å². The highest BCUT2D eigenvalue weighted by Gasteiger charge is 2.32. The third-order valence-corrected chi connectivity index (χ3v) is 4.37. The molecule has 2 aliphatic heterocycles. The first-order valence-electron chi connectivity index (χ1n) is 7.44. The van der Waals surface area contributed by atoms with Gasteiger partial charge in [0.05, 0.1) is 0 Å². The monoisotopic (exact) mass is 262 g/mol. The molecule has 0 bridgehead atoms. The number of aryl methyl sites for hydroxylation is 1. The van der Waals surface area contributed by atoms with Crippen LogP contribution in [0.3, 0.4) is 0 Å². The normalized spacial score (nSPS) is 21.7. The topological polar surface area (TPSA) is 15.3 Å². The molecule has 2 heterocycles. The molecule has 0 amide bonds. The minimum absolute atomic E-state index is 0.0725. The average Bonchev–Trinajstić information content (AvgIpc) is 2.75. The molecule has 3 rings (SSSR count). The Hall–Kier alpha value is -1.09. The summed E-state index contributed by atoms with van der Waals surface area (Å²) in [4.78, 5) is 2.40. The van der Waals surface area contributed by atoms with Gasteiger partial charge < -0.3 is 10.2 Å². The molecule has 0 saturated carbocycles. The van der Waals surface area contributed by atoms with Crippen LogP contribution in [0.4, 0.5) is 10.1 Å². The highest BCUT2D eigenvalue weighted by atomic mass is 19.1. The van der Waals surface area contributed by atoms with E-state index in [1.165, 1.54) is 11.1 Å². The fourth-order valence-electron chi connectivity index (χ4n) is 3.33. The molecule has 0 radical (unpaired) electrons. The van der Waals surface area contributed by atoms with E-state index in [0.717, 1.165) is 44.6 Å². The van der Waals surface area contributed by atoms with Crippen LogP contribution in [0.5, 0.6) is 0 Å². The highest BCUT2D eigenvalue weighted by molar-refractivity contribution is 5.63. The number of hydrogen-bond donors (Lipinski definition) is 1. The average molecular weight is 262 g/mol.